The molecule has 0 bridgehead atoms. The standard InChI is InChI=1S/C20H15N2/c1-3-7-17-13(5-1)9-15-11-20-16(12-19(15)21-17)10-14-6-2-4-8-18(14)22-20/h1-11,19,21H,12H2. The van der Waals surface area contributed by atoms with E-state index >= 15 is 0 Å². The molecule has 3 aliphatic rings. The van der Waals surface area contributed by atoms with Gasteiger partial charge in [0.1, 0.15) is 0 Å². The number of fused-ring (bicyclic) bond motifs is 4. The Balaban J connectivity index is 1.61. The van der Waals surface area contributed by atoms with Crippen molar-refractivity contribution in [3.05, 3.63) is 82.6 Å². The maximum atomic E-state index is 4.84. The van der Waals surface area contributed by atoms with Crippen LogP contribution in [-0.2, 0) is 0 Å². The van der Waals surface area contributed by atoms with Crippen LogP contribution < -0.4 is 10.6 Å². The van der Waals surface area contributed by atoms with Gasteiger partial charge in [-0.15, -0.1) is 0 Å². The summed E-state index contributed by atoms with van der Waals surface area (Å²) in [6.07, 6.45) is 7.80. The van der Waals surface area contributed by atoms with Gasteiger partial charge in [0.2, 0.25) is 0 Å². The largest absolute Gasteiger partial charge is 0.377 e. The molecule has 2 aromatic rings. The Bertz CT molecular complexity index is 871. The van der Waals surface area contributed by atoms with Gasteiger partial charge in [-0.25, -0.2) is 5.32 Å². The molecule has 1 N–H and O–H groups in total. The van der Waals surface area contributed by atoms with E-state index in [1.807, 2.05) is 6.07 Å². The Hall–Kier alpha value is -2.74. The van der Waals surface area contributed by atoms with E-state index in [0.717, 1.165) is 17.8 Å². The minimum absolute atomic E-state index is 0.352. The van der Waals surface area contributed by atoms with Gasteiger partial charge < -0.3 is 5.32 Å². The Morgan fingerprint density at radius 2 is 1.68 bits per heavy atom. The Kier molecular flexibility index (Phi) is 2.36. The number of anilines is 1. The van der Waals surface area contributed by atoms with E-state index in [-0.39, 0.29) is 0 Å². The number of benzene rings is 2. The van der Waals surface area contributed by atoms with Crippen LogP contribution in [0.25, 0.3) is 12.2 Å². The number of hydrogen-bond donors (Lipinski definition) is 1. The first-order valence-corrected chi connectivity index (χ1v) is 7.67. The normalized spacial score (nSPS) is 20.7. The molecule has 0 spiro atoms. The summed E-state index contributed by atoms with van der Waals surface area (Å²) < 4.78 is 0. The molecule has 1 atom stereocenters. The van der Waals surface area contributed by atoms with E-state index in [1.54, 1.807) is 0 Å². The third-order valence-electron chi connectivity index (χ3n) is 4.58. The molecule has 105 valence electrons. The summed E-state index contributed by atoms with van der Waals surface area (Å²) in [6.45, 7) is 0. The smallest absolute Gasteiger partial charge is 0.0709 e. The van der Waals surface area contributed by atoms with Crippen molar-refractivity contribution in [3.63, 3.8) is 0 Å². The molecule has 0 amide bonds. The molecule has 2 heterocycles. The van der Waals surface area contributed by atoms with E-state index in [1.165, 1.54) is 28.0 Å². The highest BCUT2D eigenvalue weighted by atomic mass is 15.0. The summed E-state index contributed by atoms with van der Waals surface area (Å²) in [4.78, 5) is 0. The predicted molar refractivity (Wildman–Crippen MR) is 90.7 cm³/mol. The van der Waals surface area contributed by atoms with Crippen molar-refractivity contribution in [1.82, 2.24) is 5.32 Å². The molecule has 0 saturated heterocycles. The van der Waals surface area contributed by atoms with Crippen molar-refractivity contribution in [2.75, 3.05) is 5.32 Å². The highest BCUT2D eigenvalue weighted by Gasteiger charge is 2.28. The number of hydrogen-bond acceptors (Lipinski definition) is 1. The monoisotopic (exact) mass is 283 g/mol. The molecule has 0 aromatic heterocycles. The lowest BCUT2D eigenvalue weighted by atomic mass is 9.84. The molecule has 1 aliphatic carbocycles. The van der Waals surface area contributed by atoms with Crippen molar-refractivity contribution in [1.29, 1.82) is 0 Å². The van der Waals surface area contributed by atoms with Gasteiger partial charge in [-0.05, 0) is 53.5 Å². The van der Waals surface area contributed by atoms with Crippen molar-refractivity contribution in [3.8, 4) is 0 Å². The van der Waals surface area contributed by atoms with E-state index in [2.05, 4.69) is 66.0 Å². The number of nitrogens with zero attached hydrogens (tertiary/aromatic N) is 1. The molecular weight excluding hydrogens is 268 g/mol. The fraction of sp³-hybridized carbons (Fsp3) is 0.100. The number of rotatable bonds is 0. The van der Waals surface area contributed by atoms with Crippen LogP contribution in [0.4, 0.5) is 11.4 Å². The lowest BCUT2D eigenvalue weighted by Crippen LogP contribution is -2.30. The molecule has 2 heteroatoms. The van der Waals surface area contributed by atoms with Crippen molar-refractivity contribution < 1.29 is 0 Å². The average molecular weight is 283 g/mol. The van der Waals surface area contributed by atoms with Crippen LogP contribution in [0.15, 0.2) is 71.5 Å². The molecule has 2 aliphatic heterocycles. The topological polar surface area (TPSA) is 26.1 Å². The van der Waals surface area contributed by atoms with E-state index < -0.39 is 0 Å². The quantitative estimate of drug-likeness (QED) is 0.757. The molecular formula is C20H15N2. The van der Waals surface area contributed by atoms with Crippen molar-refractivity contribution in [2.24, 2.45) is 0 Å². The van der Waals surface area contributed by atoms with Gasteiger partial charge in [0.05, 0.1) is 17.4 Å². The zero-order chi connectivity index (χ0) is 14.5. The summed E-state index contributed by atoms with van der Waals surface area (Å²) in [5.74, 6) is 0. The van der Waals surface area contributed by atoms with Crippen LogP contribution in [0.3, 0.4) is 0 Å². The summed E-state index contributed by atoms with van der Waals surface area (Å²) >= 11 is 0. The van der Waals surface area contributed by atoms with Gasteiger partial charge in [-0.2, -0.15) is 0 Å². The first-order chi connectivity index (χ1) is 10.9. The third-order valence-corrected chi connectivity index (χ3v) is 4.58. The van der Waals surface area contributed by atoms with Crippen LogP contribution in [-0.4, -0.2) is 6.04 Å². The molecule has 2 nitrogen and oxygen atoms in total. The SMILES string of the molecule is C1=C2CC3Nc4ccccc4C=C3C=C2[N]c2ccccc21. The average Bonchev–Trinajstić information content (AvgIpc) is 2.56. The second-order valence-corrected chi connectivity index (χ2v) is 6.00. The summed E-state index contributed by atoms with van der Waals surface area (Å²) in [5, 5.41) is 8.50. The first kappa shape index (κ1) is 11.9. The molecule has 1 unspecified atom stereocenters. The van der Waals surface area contributed by atoms with Gasteiger partial charge in [0, 0.05) is 11.3 Å². The Labute approximate surface area is 129 Å². The van der Waals surface area contributed by atoms with Crippen molar-refractivity contribution >= 4 is 23.5 Å². The van der Waals surface area contributed by atoms with Crippen LogP contribution >= 0.6 is 0 Å². The second kappa shape index (κ2) is 4.38. The Morgan fingerprint density at radius 1 is 0.864 bits per heavy atom. The van der Waals surface area contributed by atoms with Gasteiger partial charge >= 0.3 is 0 Å². The number of para-hydroxylation sites is 2. The first-order valence-electron chi connectivity index (χ1n) is 7.67. The lowest BCUT2D eigenvalue weighted by Gasteiger charge is -2.33. The third kappa shape index (κ3) is 1.74. The zero-order valence-corrected chi connectivity index (χ0v) is 12.1. The predicted octanol–water partition coefficient (Wildman–Crippen LogP) is 4.48. The number of allylic oxidation sites excluding steroid dienone is 1. The minimum Gasteiger partial charge on any atom is -0.377 e. The zero-order valence-electron chi connectivity index (χ0n) is 12.1. The highest BCUT2D eigenvalue weighted by Crippen LogP contribution is 2.40. The summed E-state index contributed by atoms with van der Waals surface area (Å²) in [5.41, 5.74) is 8.54. The lowest BCUT2D eigenvalue weighted by molar-refractivity contribution is 0.784. The van der Waals surface area contributed by atoms with Crippen LogP contribution in [0.1, 0.15) is 17.5 Å². The van der Waals surface area contributed by atoms with Gasteiger partial charge in [0.25, 0.3) is 0 Å². The highest BCUT2D eigenvalue weighted by molar-refractivity contribution is 5.80. The van der Waals surface area contributed by atoms with E-state index in [9.17, 15) is 0 Å². The fourth-order valence-corrected chi connectivity index (χ4v) is 3.46. The molecule has 2 aromatic carbocycles. The molecule has 5 rings (SSSR count). The molecule has 0 fully saturated rings. The molecule has 0 saturated carbocycles. The van der Waals surface area contributed by atoms with E-state index in [4.69, 9.17) is 5.32 Å². The molecule has 22 heavy (non-hydrogen) atoms. The summed E-state index contributed by atoms with van der Waals surface area (Å²) in [6, 6.07) is 17.2. The maximum Gasteiger partial charge on any atom is 0.0709 e. The Morgan fingerprint density at radius 3 is 2.64 bits per heavy atom. The van der Waals surface area contributed by atoms with Crippen LogP contribution in [0.5, 0.6) is 0 Å². The van der Waals surface area contributed by atoms with Gasteiger partial charge in [0.15, 0.2) is 0 Å². The molecule has 1 radical (unpaired) electrons. The maximum absolute atomic E-state index is 4.84. The van der Waals surface area contributed by atoms with Crippen LogP contribution in [0.2, 0.25) is 0 Å². The van der Waals surface area contributed by atoms with Crippen LogP contribution in [0, 0.1) is 0 Å². The minimum atomic E-state index is 0.352. The van der Waals surface area contributed by atoms with Crippen molar-refractivity contribution in [2.45, 2.75) is 12.5 Å². The number of nitrogens with one attached hydrogen (secondary N) is 1. The summed E-state index contributed by atoms with van der Waals surface area (Å²) in [7, 11) is 0. The van der Waals surface area contributed by atoms with E-state index in [0.29, 0.717) is 6.04 Å². The second-order valence-electron chi connectivity index (χ2n) is 6.00. The fourth-order valence-electron chi connectivity index (χ4n) is 3.46. The van der Waals surface area contributed by atoms with Gasteiger partial charge in [-0.3, -0.25) is 0 Å². The van der Waals surface area contributed by atoms with Gasteiger partial charge in [-0.1, -0.05) is 36.4 Å².